The molecule has 196 valence electrons. The Morgan fingerprint density at radius 3 is 2.38 bits per heavy atom. The molecule has 7 N–H and O–H groups in total. The summed E-state index contributed by atoms with van der Waals surface area (Å²) in [6.07, 6.45) is -13.3. The van der Waals surface area contributed by atoms with Crippen LogP contribution >= 0.6 is 0 Å². The number of hydrogen-bond acceptors (Lipinski definition) is 15. The van der Waals surface area contributed by atoms with Gasteiger partial charge < -0.3 is 40.0 Å². The second-order valence-electron chi connectivity index (χ2n) is 6.52. The second kappa shape index (κ2) is 11.9. The molecule has 0 fully saturated rings. The number of hydrogen-bond donors (Lipinski definition) is 7. The lowest BCUT2D eigenvalue weighted by atomic mass is 10.0. The minimum atomic E-state index is -5.35. The number of amides is 1. The predicted molar refractivity (Wildman–Crippen MR) is 101 cm³/mol. The maximum absolute atomic E-state index is 11.3. The molecule has 20 heteroatoms. The Hall–Kier alpha value is -2.27. The minimum absolute atomic E-state index is 0.0367. The quantitative estimate of drug-likeness (QED) is 0.0806. The zero-order valence-corrected chi connectivity index (χ0v) is 18.5. The fourth-order valence-electron chi connectivity index (χ4n) is 2.55. The standard InChI is InChI=1S/C14H21NO17S2/c1-5(17)15-6(3-16)10(20)11(8(19)4-29-33(23,24)25)31-14-12(32-34(26,27)28)7(18)2-9(30-14)13(21)22/h2-3,6-8,10-12,14,18-20H,4H2,1H3,(H,15,17)(H,21,22)(H,23,24,25)(H,26,27,28)/t6-,7-,8+,10+,11+,12+,14-/m0/s1/i/hD. The summed E-state index contributed by atoms with van der Waals surface area (Å²) in [5.41, 5.74) is 0. The minimum Gasteiger partial charge on any atom is -0.475 e. The van der Waals surface area contributed by atoms with Crippen LogP contribution in [0.1, 0.15) is 6.92 Å². The summed E-state index contributed by atoms with van der Waals surface area (Å²) in [5.74, 6) is -3.73. The van der Waals surface area contributed by atoms with Crippen LogP contribution in [-0.4, -0.2) is 114 Å². The molecule has 1 heterocycles. The van der Waals surface area contributed by atoms with Crippen LogP contribution in [0.4, 0.5) is 0 Å². The summed E-state index contributed by atoms with van der Waals surface area (Å²) in [6.45, 7) is -0.410. The number of aliphatic hydroxyl groups is 3. The lowest BCUT2D eigenvalue weighted by Gasteiger charge is -2.37. The average Bonchev–Trinajstić information content (AvgIpc) is 2.74. The first-order valence-electron chi connectivity index (χ1n) is 9.15. The number of ether oxygens (including phenoxy) is 2. The zero-order valence-electron chi connectivity index (χ0n) is 17.9. The molecule has 1 rings (SSSR count). The Bertz CT molecular complexity index is 1010. The summed E-state index contributed by atoms with van der Waals surface area (Å²) < 4.78 is 81.5. The van der Waals surface area contributed by atoms with Gasteiger partial charge in [-0.25, -0.2) is 13.2 Å². The van der Waals surface area contributed by atoms with Crippen molar-refractivity contribution in [3.05, 3.63) is 11.8 Å². The van der Waals surface area contributed by atoms with Crippen LogP contribution in [0.25, 0.3) is 1.43 Å². The van der Waals surface area contributed by atoms with Gasteiger partial charge in [0.1, 0.15) is 36.7 Å². The monoisotopic (exact) mass is 540 g/mol. The molecule has 0 aromatic carbocycles. The van der Waals surface area contributed by atoms with Crippen LogP contribution in [0.3, 0.4) is 0 Å². The molecule has 1 aliphatic heterocycles. The van der Waals surface area contributed by atoms with E-state index in [1.54, 1.807) is 0 Å². The third-order valence-electron chi connectivity index (χ3n) is 3.89. The largest absolute Gasteiger partial charge is 0.475 e. The van der Waals surface area contributed by atoms with E-state index in [-0.39, 0.29) is 6.29 Å². The zero-order chi connectivity index (χ0) is 27.1. The van der Waals surface area contributed by atoms with Crippen LogP contribution in [0, 0.1) is 0 Å². The molecule has 0 spiro atoms. The Labute approximate surface area is 193 Å². The number of rotatable bonds is 14. The molecule has 0 unspecified atom stereocenters. The van der Waals surface area contributed by atoms with Crippen LogP contribution < -0.4 is 5.32 Å². The third kappa shape index (κ3) is 9.54. The van der Waals surface area contributed by atoms with Gasteiger partial charge in [0.05, 0.1) is 6.61 Å². The second-order valence-corrected chi connectivity index (χ2v) is 8.62. The fourth-order valence-corrected chi connectivity index (χ4v) is 3.34. The van der Waals surface area contributed by atoms with E-state index in [0.29, 0.717) is 6.08 Å². The van der Waals surface area contributed by atoms with E-state index >= 15 is 0 Å². The predicted octanol–water partition coefficient (Wildman–Crippen LogP) is -4.51. The van der Waals surface area contributed by atoms with Gasteiger partial charge in [-0.2, -0.15) is 16.8 Å². The van der Waals surface area contributed by atoms with Gasteiger partial charge in [0, 0.05) is 6.92 Å². The number of nitrogens with one attached hydrogen (secondary N) is 1. The number of carbonyl (C=O) groups is 3. The number of aliphatic carboxylic acids is 1. The van der Waals surface area contributed by atoms with Crippen LogP contribution in [0.15, 0.2) is 11.8 Å². The first kappa shape index (κ1) is 28.0. The van der Waals surface area contributed by atoms with Crippen molar-refractivity contribution in [2.75, 3.05) is 6.61 Å². The summed E-state index contributed by atoms with van der Waals surface area (Å²) in [5, 5.41) is 41.9. The van der Waals surface area contributed by atoms with E-state index < -0.39 is 87.9 Å². The van der Waals surface area contributed by atoms with Crippen molar-refractivity contribution in [2.45, 2.75) is 49.8 Å². The molecular weight excluding hydrogens is 518 g/mol. The van der Waals surface area contributed by atoms with E-state index in [2.05, 4.69) is 12.9 Å². The van der Waals surface area contributed by atoms with Gasteiger partial charge in [-0.15, -0.1) is 0 Å². The van der Waals surface area contributed by atoms with Gasteiger partial charge in [-0.05, 0) is 6.08 Å². The lowest BCUT2D eigenvalue weighted by molar-refractivity contribution is -0.251. The van der Waals surface area contributed by atoms with Gasteiger partial charge in [0.25, 0.3) is 0 Å². The van der Waals surface area contributed by atoms with Gasteiger partial charge in [0.2, 0.25) is 19.4 Å². The van der Waals surface area contributed by atoms with Gasteiger partial charge in [-0.3, -0.25) is 13.9 Å². The van der Waals surface area contributed by atoms with Crippen molar-refractivity contribution in [1.29, 1.82) is 1.43 Å². The number of carboxylic acid groups (broad SMARTS) is 1. The average molecular weight is 540 g/mol. The third-order valence-corrected chi connectivity index (χ3v) is 4.78. The molecular formula is C14H21NO17S2. The molecule has 0 saturated heterocycles. The molecule has 34 heavy (non-hydrogen) atoms. The molecule has 0 radical (unpaired) electrons. The maximum atomic E-state index is 11.3. The molecule has 1 aliphatic rings. The molecule has 0 aliphatic carbocycles. The van der Waals surface area contributed by atoms with Crippen molar-refractivity contribution < 1.29 is 78.6 Å². The highest BCUT2D eigenvalue weighted by Gasteiger charge is 2.45. The van der Waals surface area contributed by atoms with Crippen molar-refractivity contribution >= 4 is 39.0 Å². The first-order valence-corrected chi connectivity index (χ1v) is 11.4. The highest BCUT2D eigenvalue weighted by atomic mass is 32.3. The number of carboxylic acids is 1. The summed E-state index contributed by atoms with van der Waals surface area (Å²) in [4.78, 5) is 33.9. The van der Waals surface area contributed by atoms with Crippen molar-refractivity contribution in [3.8, 4) is 0 Å². The molecule has 1 amide bonds. The molecule has 18 nitrogen and oxygen atoms in total. The smallest absolute Gasteiger partial charge is 0.397 e. The molecule has 0 aromatic rings. The molecule has 0 saturated carbocycles. The van der Waals surface area contributed by atoms with Crippen LogP contribution in [-0.2, 0) is 53.0 Å². The van der Waals surface area contributed by atoms with Crippen LogP contribution in [0.2, 0.25) is 0 Å². The number of aldehydes is 1. The SMILES string of the molecule is [2H]OS(=O)(=O)OC[C@@H](O)[C@@H](O[C@@H]1OC(C(=O)O)=C[C@H](O)[C@H]1OS(=O)(=O)O)[C@H](O)[C@H](C=O)NC(C)=O. The number of aliphatic hydroxyl groups excluding tert-OH is 3. The Balaban J connectivity index is 3.39. The van der Waals surface area contributed by atoms with Crippen molar-refractivity contribution in [2.24, 2.45) is 0 Å². The Morgan fingerprint density at radius 1 is 1.29 bits per heavy atom. The van der Waals surface area contributed by atoms with Gasteiger partial charge in [-0.1, -0.05) is 0 Å². The van der Waals surface area contributed by atoms with Crippen molar-refractivity contribution in [1.82, 2.24) is 5.32 Å². The van der Waals surface area contributed by atoms with E-state index in [9.17, 15) is 46.5 Å². The molecule has 0 aromatic heterocycles. The summed E-state index contributed by atoms with van der Waals surface area (Å²) >= 11 is 0. The lowest BCUT2D eigenvalue weighted by Crippen LogP contribution is -2.57. The normalized spacial score (nSPS) is 25.0. The highest BCUT2D eigenvalue weighted by Crippen LogP contribution is 2.26. The maximum Gasteiger partial charge on any atom is 0.397 e. The highest BCUT2D eigenvalue weighted by molar-refractivity contribution is 7.81. The summed E-state index contributed by atoms with van der Waals surface area (Å²) in [6, 6.07) is -1.86. The van der Waals surface area contributed by atoms with Gasteiger partial charge >= 0.3 is 26.8 Å². The van der Waals surface area contributed by atoms with Crippen LogP contribution in [0.5, 0.6) is 0 Å². The first-order chi connectivity index (χ1) is 16.0. The fraction of sp³-hybridized carbons (Fsp3) is 0.643. The van der Waals surface area contributed by atoms with E-state index in [4.69, 9.17) is 20.6 Å². The molecule has 7 atom stereocenters. The number of carbonyl (C=O) groups excluding carboxylic acids is 2. The summed E-state index contributed by atoms with van der Waals surface area (Å²) in [7, 11) is -10.3. The Morgan fingerprint density at radius 2 is 1.91 bits per heavy atom. The molecule has 0 bridgehead atoms. The van der Waals surface area contributed by atoms with E-state index in [1.807, 2.05) is 5.32 Å². The van der Waals surface area contributed by atoms with E-state index in [0.717, 1.165) is 6.92 Å². The van der Waals surface area contributed by atoms with Gasteiger partial charge in [0.15, 0.2) is 6.10 Å². The van der Waals surface area contributed by atoms with E-state index in [1.165, 1.54) is 0 Å². The topological polar surface area (TPSA) is 290 Å². The van der Waals surface area contributed by atoms with Crippen molar-refractivity contribution in [3.63, 3.8) is 0 Å². The Kier molecular flexibility index (Phi) is 9.81.